The molecule has 100 valence electrons. The van der Waals surface area contributed by atoms with Crippen molar-refractivity contribution in [2.24, 2.45) is 0 Å². The lowest BCUT2D eigenvalue weighted by Gasteiger charge is -2.09. The maximum Gasteiger partial charge on any atom is 0.190 e. The van der Waals surface area contributed by atoms with Gasteiger partial charge in [-0.25, -0.2) is 9.97 Å². The predicted octanol–water partition coefficient (Wildman–Crippen LogP) is 3.03. The van der Waals surface area contributed by atoms with Crippen molar-refractivity contribution in [3.8, 4) is 5.75 Å². The number of nitrogens with two attached hydrogens (primary N) is 1. The Labute approximate surface area is 121 Å². The van der Waals surface area contributed by atoms with Gasteiger partial charge in [0.2, 0.25) is 0 Å². The number of benzene rings is 1. The van der Waals surface area contributed by atoms with Crippen LogP contribution in [0, 0.1) is 0 Å². The maximum absolute atomic E-state index is 6.15. The molecule has 19 heavy (non-hydrogen) atoms. The minimum absolute atomic E-state index is 0.410. The molecule has 1 aromatic heterocycles. The van der Waals surface area contributed by atoms with Gasteiger partial charge < -0.3 is 10.5 Å². The second-order valence-corrected chi connectivity index (χ2v) is 5.02. The van der Waals surface area contributed by atoms with Crippen LogP contribution in [0.1, 0.15) is 11.1 Å². The molecule has 0 amide bonds. The van der Waals surface area contributed by atoms with Crippen molar-refractivity contribution in [2.45, 2.75) is 11.6 Å². The van der Waals surface area contributed by atoms with E-state index < -0.39 is 0 Å². The van der Waals surface area contributed by atoms with Gasteiger partial charge in [-0.2, -0.15) is 0 Å². The van der Waals surface area contributed by atoms with Crippen molar-refractivity contribution in [1.29, 1.82) is 0 Å². The van der Waals surface area contributed by atoms with Crippen molar-refractivity contribution in [3.05, 3.63) is 40.5 Å². The molecule has 0 fully saturated rings. The van der Waals surface area contributed by atoms with Gasteiger partial charge in [-0.05, 0) is 24.0 Å². The van der Waals surface area contributed by atoms with E-state index in [4.69, 9.17) is 22.1 Å². The Hall–Kier alpha value is -1.46. The minimum atomic E-state index is 0.410. The number of rotatable bonds is 4. The number of ether oxygens (including phenoxy) is 1. The molecule has 0 aliphatic rings. The van der Waals surface area contributed by atoms with Crippen molar-refractivity contribution in [2.75, 3.05) is 19.1 Å². The summed E-state index contributed by atoms with van der Waals surface area (Å²) in [6, 6.07) is 7.74. The first kappa shape index (κ1) is 14.0. The third kappa shape index (κ3) is 3.30. The molecule has 0 saturated heterocycles. The lowest BCUT2D eigenvalue weighted by molar-refractivity contribution is 0.414. The molecule has 1 heterocycles. The zero-order valence-corrected chi connectivity index (χ0v) is 12.3. The molecule has 0 spiro atoms. The van der Waals surface area contributed by atoms with Crippen LogP contribution in [0.2, 0.25) is 5.15 Å². The first-order chi connectivity index (χ1) is 9.13. The third-order valence-corrected chi connectivity index (χ3v) is 3.55. The zero-order valence-electron chi connectivity index (χ0n) is 10.7. The summed E-state index contributed by atoms with van der Waals surface area (Å²) in [5.74, 6) is 1.25. The highest BCUT2D eigenvalue weighted by atomic mass is 35.5. The molecule has 2 rings (SSSR count). The molecular formula is C13H14ClN3OS. The quantitative estimate of drug-likeness (QED) is 0.534. The summed E-state index contributed by atoms with van der Waals surface area (Å²) in [5, 5.41) is 0.994. The summed E-state index contributed by atoms with van der Waals surface area (Å²) in [4.78, 5) is 8.40. The highest BCUT2D eigenvalue weighted by Gasteiger charge is 2.11. The van der Waals surface area contributed by atoms with Gasteiger partial charge in [0, 0.05) is 12.0 Å². The van der Waals surface area contributed by atoms with E-state index in [0.717, 1.165) is 16.9 Å². The third-order valence-electron chi connectivity index (χ3n) is 2.69. The molecule has 0 aliphatic carbocycles. The van der Waals surface area contributed by atoms with E-state index in [1.807, 2.05) is 30.5 Å². The zero-order chi connectivity index (χ0) is 13.8. The Balaban J connectivity index is 2.27. The van der Waals surface area contributed by atoms with Gasteiger partial charge in [0.15, 0.2) is 5.16 Å². The maximum atomic E-state index is 6.15. The molecule has 4 nitrogen and oxygen atoms in total. The number of anilines is 1. The van der Waals surface area contributed by atoms with Crippen molar-refractivity contribution >= 4 is 29.2 Å². The molecule has 0 radical (unpaired) electrons. The highest BCUT2D eigenvalue weighted by molar-refractivity contribution is 7.98. The largest absolute Gasteiger partial charge is 0.497 e. The van der Waals surface area contributed by atoms with E-state index in [1.165, 1.54) is 11.8 Å². The average Bonchev–Trinajstić information content (AvgIpc) is 2.43. The minimum Gasteiger partial charge on any atom is -0.497 e. The molecule has 0 bridgehead atoms. The monoisotopic (exact) mass is 295 g/mol. The van der Waals surface area contributed by atoms with Gasteiger partial charge in [0.25, 0.3) is 0 Å². The van der Waals surface area contributed by atoms with Crippen LogP contribution in [0.15, 0.2) is 29.4 Å². The normalized spacial score (nSPS) is 10.5. The van der Waals surface area contributed by atoms with Crippen molar-refractivity contribution in [1.82, 2.24) is 9.97 Å². The smallest absolute Gasteiger partial charge is 0.190 e. The Bertz CT molecular complexity index is 552. The van der Waals surface area contributed by atoms with Gasteiger partial charge >= 0.3 is 0 Å². The molecule has 0 atom stereocenters. The second kappa shape index (κ2) is 6.12. The molecule has 0 aliphatic heterocycles. The van der Waals surface area contributed by atoms with Crippen LogP contribution in [0.25, 0.3) is 0 Å². The van der Waals surface area contributed by atoms with E-state index in [0.29, 0.717) is 22.5 Å². The summed E-state index contributed by atoms with van der Waals surface area (Å²) < 4.78 is 5.12. The van der Waals surface area contributed by atoms with E-state index in [9.17, 15) is 0 Å². The Morgan fingerprint density at radius 1 is 1.26 bits per heavy atom. The van der Waals surface area contributed by atoms with Gasteiger partial charge in [-0.15, -0.1) is 0 Å². The fourth-order valence-corrected chi connectivity index (χ4v) is 2.32. The summed E-state index contributed by atoms with van der Waals surface area (Å²) in [6.45, 7) is 0. The Morgan fingerprint density at radius 3 is 2.47 bits per heavy atom. The lowest BCUT2D eigenvalue weighted by Crippen LogP contribution is -2.03. The van der Waals surface area contributed by atoms with Crippen LogP contribution >= 0.6 is 23.4 Å². The SMILES string of the molecule is COc1ccc(Cc2c(N)nc(SC)nc2Cl)cc1. The van der Waals surface area contributed by atoms with E-state index in [-0.39, 0.29) is 0 Å². The first-order valence-electron chi connectivity index (χ1n) is 5.63. The number of hydrogen-bond donors (Lipinski definition) is 1. The molecule has 2 N–H and O–H groups in total. The number of hydrogen-bond acceptors (Lipinski definition) is 5. The predicted molar refractivity (Wildman–Crippen MR) is 79.0 cm³/mol. The number of nitrogens with zero attached hydrogens (tertiary/aromatic N) is 2. The Morgan fingerprint density at radius 2 is 1.95 bits per heavy atom. The van der Waals surface area contributed by atoms with Crippen molar-refractivity contribution in [3.63, 3.8) is 0 Å². The summed E-state index contributed by atoms with van der Waals surface area (Å²) in [6.07, 6.45) is 2.48. The standard InChI is InChI=1S/C13H14ClN3OS/c1-18-9-5-3-8(4-6-9)7-10-11(14)16-13(19-2)17-12(10)15/h3-6H,7H2,1-2H3,(H2,15,16,17). The fraction of sp³-hybridized carbons (Fsp3) is 0.231. The summed E-state index contributed by atoms with van der Waals surface area (Å²) in [5.41, 5.74) is 7.76. The van der Waals surface area contributed by atoms with E-state index in [2.05, 4.69) is 9.97 Å². The number of aromatic nitrogens is 2. The number of halogens is 1. The molecule has 6 heteroatoms. The first-order valence-corrected chi connectivity index (χ1v) is 7.23. The summed E-state index contributed by atoms with van der Waals surface area (Å²) >= 11 is 7.57. The van der Waals surface area contributed by atoms with Crippen molar-refractivity contribution < 1.29 is 4.74 Å². The topological polar surface area (TPSA) is 61.0 Å². The van der Waals surface area contributed by atoms with E-state index >= 15 is 0 Å². The van der Waals surface area contributed by atoms with Crippen LogP contribution in [0.4, 0.5) is 5.82 Å². The van der Waals surface area contributed by atoms with Gasteiger partial charge in [0.1, 0.15) is 16.7 Å². The van der Waals surface area contributed by atoms with Crippen LogP contribution in [0.5, 0.6) is 5.75 Å². The van der Waals surface area contributed by atoms with Crippen LogP contribution < -0.4 is 10.5 Å². The lowest BCUT2D eigenvalue weighted by atomic mass is 10.1. The van der Waals surface area contributed by atoms with Gasteiger partial charge in [0.05, 0.1) is 7.11 Å². The molecule has 0 unspecified atom stereocenters. The Kier molecular flexibility index (Phi) is 4.50. The second-order valence-electron chi connectivity index (χ2n) is 3.89. The van der Waals surface area contributed by atoms with Gasteiger partial charge in [-0.1, -0.05) is 35.5 Å². The highest BCUT2D eigenvalue weighted by Crippen LogP contribution is 2.25. The molecule has 2 aromatic rings. The molecule has 0 saturated carbocycles. The molecule has 1 aromatic carbocycles. The molecular weight excluding hydrogens is 282 g/mol. The average molecular weight is 296 g/mol. The summed E-state index contributed by atoms with van der Waals surface area (Å²) in [7, 11) is 1.64. The van der Waals surface area contributed by atoms with Crippen LogP contribution in [0.3, 0.4) is 0 Å². The van der Waals surface area contributed by atoms with Gasteiger partial charge in [-0.3, -0.25) is 0 Å². The van der Waals surface area contributed by atoms with E-state index in [1.54, 1.807) is 7.11 Å². The number of methoxy groups -OCH3 is 1. The van der Waals surface area contributed by atoms with Crippen LogP contribution in [-0.2, 0) is 6.42 Å². The fourth-order valence-electron chi connectivity index (χ4n) is 1.65. The van der Waals surface area contributed by atoms with Crippen LogP contribution in [-0.4, -0.2) is 23.3 Å². The number of nitrogen functional groups attached to an aromatic ring is 1. The number of thioether (sulfide) groups is 1.